The van der Waals surface area contributed by atoms with Crippen molar-refractivity contribution in [2.24, 2.45) is 0 Å². The predicted octanol–water partition coefficient (Wildman–Crippen LogP) is 4.65. The van der Waals surface area contributed by atoms with Crippen LogP contribution in [0.5, 0.6) is 5.75 Å². The maximum absolute atomic E-state index is 14.2. The van der Waals surface area contributed by atoms with Crippen LogP contribution in [0.15, 0.2) is 60.9 Å². The molecule has 28 heavy (non-hydrogen) atoms. The first-order chi connectivity index (χ1) is 13.8. The van der Waals surface area contributed by atoms with Crippen LogP contribution in [-0.4, -0.2) is 0 Å². The van der Waals surface area contributed by atoms with Gasteiger partial charge in [0.2, 0.25) is 6.29 Å². The molecule has 5 rings (SSSR count). The van der Waals surface area contributed by atoms with Gasteiger partial charge in [-0.05, 0) is 43.4 Å². The number of benzene rings is 2. The van der Waals surface area contributed by atoms with Crippen LogP contribution in [0.1, 0.15) is 46.9 Å². The Balaban J connectivity index is 1.46. The zero-order valence-corrected chi connectivity index (χ0v) is 15.7. The normalized spacial score (nSPS) is 18.1. The molecular weight excluding hydrogens is 353 g/mol. The van der Waals surface area contributed by atoms with Crippen molar-refractivity contribution in [1.29, 1.82) is 0 Å². The van der Waals surface area contributed by atoms with E-state index in [9.17, 15) is 4.39 Å². The third kappa shape index (κ3) is 3.40. The van der Waals surface area contributed by atoms with Crippen molar-refractivity contribution in [2.45, 2.75) is 45.1 Å². The quantitative estimate of drug-likeness (QED) is 0.621. The van der Waals surface area contributed by atoms with Crippen LogP contribution in [-0.2, 0) is 30.7 Å². The SMILES string of the molecule is Fc1cc2c(c(C[n+]3ccc4c(c3)CCCC4)c1)O[C@H](c1ccccc1)OC2. The lowest BCUT2D eigenvalue weighted by atomic mass is 9.93. The maximum atomic E-state index is 14.2. The smallest absolute Gasteiger partial charge is 0.227 e. The second-order valence-electron chi connectivity index (χ2n) is 7.60. The molecule has 142 valence electrons. The van der Waals surface area contributed by atoms with E-state index in [2.05, 4.69) is 23.0 Å². The summed E-state index contributed by atoms with van der Waals surface area (Å²) >= 11 is 0. The zero-order chi connectivity index (χ0) is 18.9. The number of aromatic nitrogens is 1. The Kier molecular flexibility index (Phi) is 4.57. The third-order valence-corrected chi connectivity index (χ3v) is 5.59. The van der Waals surface area contributed by atoms with E-state index in [1.54, 1.807) is 6.07 Å². The van der Waals surface area contributed by atoms with Crippen LogP contribution >= 0.6 is 0 Å². The maximum Gasteiger partial charge on any atom is 0.227 e. The van der Waals surface area contributed by atoms with Crippen LogP contribution in [0, 0.1) is 5.82 Å². The molecule has 0 spiro atoms. The molecule has 1 aliphatic carbocycles. The summed E-state index contributed by atoms with van der Waals surface area (Å²) < 4.78 is 28.4. The summed E-state index contributed by atoms with van der Waals surface area (Å²) in [6, 6.07) is 15.2. The van der Waals surface area contributed by atoms with Gasteiger partial charge in [0.15, 0.2) is 18.9 Å². The van der Waals surface area contributed by atoms with Crippen molar-refractivity contribution in [2.75, 3.05) is 0 Å². The number of hydrogen-bond acceptors (Lipinski definition) is 2. The molecule has 1 aromatic heterocycles. The molecule has 1 atom stereocenters. The second-order valence-corrected chi connectivity index (χ2v) is 7.60. The minimum absolute atomic E-state index is 0.252. The second kappa shape index (κ2) is 7.36. The van der Waals surface area contributed by atoms with Gasteiger partial charge in [-0.3, -0.25) is 0 Å². The van der Waals surface area contributed by atoms with Gasteiger partial charge in [0.1, 0.15) is 11.6 Å². The molecule has 0 amide bonds. The van der Waals surface area contributed by atoms with Gasteiger partial charge in [-0.2, -0.15) is 0 Å². The van der Waals surface area contributed by atoms with E-state index < -0.39 is 6.29 Å². The standard InChI is InChI=1S/C24H23FNO2/c25-22-12-20(15-26-11-10-17-6-4-5-9-19(17)14-26)23-21(13-22)16-27-24(28-23)18-7-2-1-3-8-18/h1-3,7-8,10-14,24H,4-6,9,15-16H2/q+1/t24-/m1/s1. The van der Waals surface area contributed by atoms with Gasteiger partial charge < -0.3 is 9.47 Å². The van der Waals surface area contributed by atoms with Gasteiger partial charge in [-0.15, -0.1) is 0 Å². The Morgan fingerprint density at radius 3 is 2.64 bits per heavy atom. The first-order valence-corrected chi connectivity index (χ1v) is 9.91. The molecule has 3 aromatic rings. The average molecular weight is 376 g/mol. The number of pyridine rings is 1. The van der Waals surface area contributed by atoms with E-state index in [4.69, 9.17) is 9.47 Å². The fourth-order valence-corrected chi connectivity index (χ4v) is 4.18. The van der Waals surface area contributed by atoms with Gasteiger partial charge in [-0.25, -0.2) is 8.96 Å². The van der Waals surface area contributed by atoms with Gasteiger partial charge in [0, 0.05) is 22.8 Å². The number of fused-ring (bicyclic) bond motifs is 2. The first kappa shape index (κ1) is 17.4. The minimum Gasteiger partial charge on any atom is -0.460 e. The van der Waals surface area contributed by atoms with E-state index in [1.165, 1.54) is 30.0 Å². The molecule has 0 saturated heterocycles. The third-order valence-electron chi connectivity index (χ3n) is 5.59. The highest BCUT2D eigenvalue weighted by Crippen LogP contribution is 2.36. The molecule has 4 heteroatoms. The van der Waals surface area contributed by atoms with E-state index >= 15 is 0 Å². The summed E-state index contributed by atoms with van der Waals surface area (Å²) in [6.45, 7) is 0.920. The number of ether oxygens (including phenoxy) is 2. The molecular formula is C24H23FNO2+. The minimum atomic E-state index is -0.466. The largest absolute Gasteiger partial charge is 0.460 e. The molecule has 0 bridgehead atoms. The molecule has 0 saturated carbocycles. The lowest BCUT2D eigenvalue weighted by Crippen LogP contribution is -2.35. The van der Waals surface area contributed by atoms with Gasteiger partial charge in [-0.1, -0.05) is 30.3 Å². The Labute approximate surface area is 164 Å². The van der Waals surface area contributed by atoms with E-state index in [0.29, 0.717) is 13.2 Å². The van der Waals surface area contributed by atoms with Crippen molar-refractivity contribution in [1.82, 2.24) is 0 Å². The summed E-state index contributed by atoms with van der Waals surface area (Å²) in [5.74, 6) is 0.490. The summed E-state index contributed by atoms with van der Waals surface area (Å²) in [7, 11) is 0. The average Bonchev–Trinajstić information content (AvgIpc) is 2.74. The van der Waals surface area contributed by atoms with Gasteiger partial charge in [0.25, 0.3) is 0 Å². The number of aryl methyl sites for hydroxylation is 2. The van der Waals surface area contributed by atoms with E-state index in [-0.39, 0.29) is 5.82 Å². The van der Waals surface area contributed by atoms with Crippen molar-refractivity contribution in [3.8, 4) is 5.75 Å². The lowest BCUT2D eigenvalue weighted by Gasteiger charge is -2.28. The van der Waals surface area contributed by atoms with Crippen LogP contribution in [0.25, 0.3) is 0 Å². The highest BCUT2D eigenvalue weighted by Gasteiger charge is 2.26. The fraction of sp³-hybridized carbons (Fsp3) is 0.292. The molecule has 0 unspecified atom stereocenters. The van der Waals surface area contributed by atoms with Crippen LogP contribution in [0.3, 0.4) is 0 Å². The molecule has 0 radical (unpaired) electrons. The highest BCUT2D eigenvalue weighted by atomic mass is 19.1. The monoisotopic (exact) mass is 376 g/mol. The summed E-state index contributed by atoms with van der Waals surface area (Å²) in [6.07, 6.45) is 8.62. The molecule has 3 nitrogen and oxygen atoms in total. The fourth-order valence-electron chi connectivity index (χ4n) is 4.18. The number of rotatable bonds is 3. The Hall–Kier alpha value is -2.72. The summed E-state index contributed by atoms with van der Waals surface area (Å²) in [4.78, 5) is 0. The van der Waals surface area contributed by atoms with E-state index in [1.807, 2.05) is 30.3 Å². The Bertz CT molecular complexity index is 1000. The van der Waals surface area contributed by atoms with E-state index in [0.717, 1.165) is 35.3 Å². The lowest BCUT2D eigenvalue weighted by molar-refractivity contribution is -0.688. The molecule has 1 aliphatic heterocycles. The number of halogens is 1. The topological polar surface area (TPSA) is 22.3 Å². The Morgan fingerprint density at radius 1 is 0.964 bits per heavy atom. The molecule has 2 aliphatic rings. The number of nitrogens with zero attached hydrogens (tertiary/aromatic N) is 1. The van der Waals surface area contributed by atoms with Crippen LogP contribution < -0.4 is 9.30 Å². The van der Waals surface area contributed by atoms with Crippen molar-refractivity contribution < 1.29 is 18.4 Å². The molecule has 2 aromatic carbocycles. The molecule has 2 heterocycles. The molecule has 0 N–H and O–H groups in total. The highest BCUT2D eigenvalue weighted by molar-refractivity contribution is 5.43. The predicted molar refractivity (Wildman–Crippen MR) is 103 cm³/mol. The first-order valence-electron chi connectivity index (χ1n) is 9.91. The summed E-state index contributed by atoms with van der Waals surface area (Å²) in [5, 5.41) is 0. The van der Waals surface area contributed by atoms with Gasteiger partial charge in [0.05, 0.1) is 12.2 Å². The number of hydrogen-bond donors (Lipinski definition) is 0. The Morgan fingerprint density at radius 2 is 1.79 bits per heavy atom. The zero-order valence-electron chi connectivity index (χ0n) is 15.7. The molecule has 0 fully saturated rings. The summed E-state index contributed by atoms with van der Waals surface area (Å²) in [5.41, 5.74) is 5.42. The van der Waals surface area contributed by atoms with Crippen LogP contribution in [0.4, 0.5) is 4.39 Å². The van der Waals surface area contributed by atoms with Crippen molar-refractivity contribution in [3.63, 3.8) is 0 Å². The van der Waals surface area contributed by atoms with Gasteiger partial charge >= 0.3 is 0 Å². The van der Waals surface area contributed by atoms with Crippen LogP contribution in [0.2, 0.25) is 0 Å². The van der Waals surface area contributed by atoms with Crippen molar-refractivity contribution >= 4 is 0 Å². The van der Waals surface area contributed by atoms with Crippen molar-refractivity contribution in [3.05, 3.63) is 94.6 Å².